The van der Waals surface area contributed by atoms with Gasteiger partial charge in [0, 0.05) is 48.3 Å². The summed E-state index contributed by atoms with van der Waals surface area (Å²) in [5.41, 5.74) is -0.663. The summed E-state index contributed by atoms with van der Waals surface area (Å²) in [7, 11) is 0. The number of nitrogens with zero attached hydrogens (tertiary/aromatic N) is 4. The number of hydrogen-bond donors (Lipinski definition) is 0. The number of alkyl halides is 4. The molecule has 0 atom stereocenters. The molecule has 2 heterocycles. The fourth-order valence-electron chi connectivity index (χ4n) is 3.15. The maximum absolute atomic E-state index is 13.1. The monoisotopic (exact) mass is 452 g/mol. The van der Waals surface area contributed by atoms with Crippen molar-refractivity contribution in [1.82, 2.24) is 19.6 Å². The number of carbonyl (C=O) groups excluding carboxylic acids is 1. The molecule has 5 nitrogen and oxygen atoms in total. The van der Waals surface area contributed by atoms with Crippen molar-refractivity contribution in [3.8, 4) is 0 Å². The zero-order valence-corrected chi connectivity index (χ0v) is 16.7. The Morgan fingerprint density at radius 1 is 1.03 bits per heavy atom. The normalized spacial score (nSPS) is 15.5. The summed E-state index contributed by atoms with van der Waals surface area (Å²) in [5, 5.41) is 4.57. The smallest absolute Gasteiger partial charge is 0.282 e. The van der Waals surface area contributed by atoms with Gasteiger partial charge in [-0.3, -0.25) is 14.4 Å². The van der Waals surface area contributed by atoms with Crippen molar-refractivity contribution in [2.45, 2.75) is 25.9 Å². The van der Waals surface area contributed by atoms with Crippen LogP contribution < -0.4 is 0 Å². The first-order chi connectivity index (χ1) is 13.8. The van der Waals surface area contributed by atoms with Gasteiger partial charge in [-0.25, -0.2) is 17.6 Å². The molecule has 0 bridgehead atoms. The molecule has 1 aliphatic heterocycles. The van der Waals surface area contributed by atoms with Crippen LogP contribution in [0.5, 0.6) is 0 Å². The van der Waals surface area contributed by atoms with E-state index in [9.17, 15) is 22.4 Å². The van der Waals surface area contributed by atoms with Crippen molar-refractivity contribution in [3.63, 3.8) is 0 Å². The van der Waals surface area contributed by atoms with Gasteiger partial charge in [-0.2, -0.15) is 5.10 Å². The van der Waals surface area contributed by atoms with Crippen molar-refractivity contribution in [1.29, 1.82) is 0 Å². The lowest BCUT2D eigenvalue weighted by atomic mass is 10.2. The van der Waals surface area contributed by atoms with Gasteiger partial charge in [-0.1, -0.05) is 29.3 Å². The minimum atomic E-state index is -3.00. The molecular weight excluding hydrogens is 435 g/mol. The number of piperazine rings is 1. The van der Waals surface area contributed by atoms with E-state index in [2.05, 4.69) is 10.00 Å². The molecule has 29 heavy (non-hydrogen) atoms. The molecular formula is C18H18Cl2F4N4O. The molecule has 1 aromatic heterocycles. The van der Waals surface area contributed by atoms with Crippen LogP contribution in [0.25, 0.3) is 0 Å². The summed E-state index contributed by atoms with van der Waals surface area (Å²) in [6, 6.07) is 5.89. The SMILES string of the molecule is O=C(Cn1nc(C(F)F)cc1C(F)F)N1CCN(Cc2c(Cl)cccc2Cl)CC1. The maximum atomic E-state index is 13.1. The van der Waals surface area contributed by atoms with Crippen LogP contribution in [0.15, 0.2) is 24.3 Å². The van der Waals surface area contributed by atoms with Crippen molar-refractivity contribution >= 4 is 29.1 Å². The second-order valence-corrected chi connectivity index (χ2v) is 7.42. The Kier molecular flexibility index (Phi) is 7.02. The molecule has 0 saturated carbocycles. The first kappa shape index (κ1) is 21.9. The standard InChI is InChI=1S/C18H18Cl2F4N4O/c19-12-2-1-3-13(20)11(12)9-26-4-6-27(7-5-26)16(29)10-28-15(18(23)24)8-14(25-28)17(21)22/h1-3,8,17-18H,4-7,9-10H2. The van der Waals surface area contributed by atoms with Gasteiger partial charge in [0.1, 0.15) is 17.9 Å². The van der Waals surface area contributed by atoms with Crippen LogP contribution in [0.3, 0.4) is 0 Å². The van der Waals surface area contributed by atoms with Crippen LogP contribution in [0, 0.1) is 0 Å². The van der Waals surface area contributed by atoms with Gasteiger partial charge in [0.15, 0.2) is 0 Å². The van der Waals surface area contributed by atoms with Crippen LogP contribution in [0.1, 0.15) is 29.8 Å². The lowest BCUT2D eigenvalue weighted by Crippen LogP contribution is -2.49. The summed E-state index contributed by atoms with van der Waals surface area (Å²) in [6.07, 6.45) is -5.98. The van der Waals surface area contributed by atoms with Crippen molar-refractivity contribution in [3.05, 3.63) is 51.3 Å². The van der Waals surface area contributed by atoms with Gasteiger partial charge in [0.05, 0.1) is 0 Å². The first-order valence-electron chi connectivity index (χ1n) is 8.83. The number of carbonyl (C=O) groups is 1. The largest absolute Gasteiger partial charge is 0.339 e. The Morgan fingerprint density at radius 2 is 1.66 bits per heavy atom. The lowest BCUT2D eigenvalue weighted by Gasteiger charge is -2.35. The van der Waals surface area contributed by atoms with E-state index < -0.39 is 36.7 Å². The maximum Gasteiger partial charge on any atom is 0.282 e. The van der Waals surface area contributed by atoms with E-state index in [0.29, 0.717) is 53.5 Å². The summed E-state index contributed by atoms with van der Waals surface area (Å²) >= 11 is 12.4. The third-order valence-corrected chi connectivity index (χ3v) is 5.44. The van der Waals surface area contributed by atoms with Crippen molar-refractivity contribution < 1.29 is 22.4 Å². The Hall–Kier alpha value is -1.84. The number of hydrogen-bond acceptors (Lipinski definition) is 3. The second-order valence-electron chi connectivity index (χ2n) is 6.61. The van der Waals surface area contributed by atoms with Crippen LogP contribution in [0.2, 0.25) is 10.0 Å². The van der Waals surface area contributed by atoms with Crippen LogP contribution >= 0.6 is 23.2 Å². The van der Waals surface area contributed by atoms with E-state index in [0.717, 1.165) is 5.56 Å². The molecule has 158 valence electrons. The number of rotatable bonds is 6. The number of benzene rings is 1. The molecule has 11 heteroatoms. The second kappa shape index (κ2) is 9.32. The van der Waals surface area contributed by atoms with E-state index in [4.69, 9.17) is 23.2 Å². The lowest BCUT2D eigenvalue weighted by molar-refractivity contribution is -0.134. The third kappa shape index (κ3) is 5.21. The molecule has 3 rings (SSSR count). The highest BCUT2D eigenvalue weighted by Gasteiger charge is 2.26. The van der Waals surface area contributed by atoms with Gasteiger partial charge in [0.25, 0.3) is 12.9 Å². The molecule has 0 radical (unpaired) electrons. The fourth-order valence-corrected chi connectivity index (χ4v) is 3.67. The average Bonchev–Trinajstić information content (AvgIpc) is 3.10. The van der Waals surface area contributed by atoms with Crippen LogP contribution in [-0.2, 0) is 17.9 Å². The minimum Gasteiger partial charge on any atom is -0.339 e. The summed E-state index contributed by atoms with van der Waals surface area (Å²) in [4.78, 5) is 16.0. The van der Waals surface area contributed by atoms with Gasteiger partial charge in [0.2, 0.25) is 5.91 Å². The van der Waals surface area contributed by atoms with E-state index in [1.165, 1.54) is 4.90 Å². The molecule has 1 fully saturated rings. The first-order valence-corrected chi connectivity index (χ1v) is 9.58. The topological polar surface area (TPSA) is 41.4 Å². The zero-order chi connectivity index (χ0) is 21.1. The molecule has 1 aromatic carbocycles. The van der Waals surface area contributed by atoms with Gasteiger partial charge in [-0.05, 0) is 18.2 Å². The minimum absolute atomic E-state index is 0.369. The molecule has 1 saturated heterocycles. The highest BCUT2D eigenvalue weighted by atomic mass is 35.5. The molecule has 2 aromatic rings. The predicted octanol–water partition coefficient (Wildman–Crippen LogP) is 4.41. The molecule has 1 aliphatic rings. The third-order valence-electron chi connectivity index (χ3n) is 4.73. The fraction of sp³-hybridized carbons (Fsp3) is 0.444. The Bertz CT molecular complexity index is 849. The van der Waals surface area contributed by atoms with Crippen LogP contribution in [-0.4, -0.2) is 51.7 Å². The van der Waals surface area contributed by atoms with Gasteiger partial charge >= 0.3 is 0 Å². The molecule has 0 spiro atoms. The Morgan fingerprint density at radius 3 is 2.21 bits per heavy atom. The van der Waals surface area contributed by atoms with Crippen molar-refractivity contribution in [2.75, 3.05) is 26.2 Å². The van der Waals surface area contributed by atoms with E-state index >= 15 is 0 Å². The summed E-state index contributed by atoms with van der Waals surface area (Å²) in [6.45, 7) is 1.82. The van der Waals surface area contributed by atoms with E-state index in [1.54, 1.807) is 18.2 Å². The molecule has 0 N–H and O–H groups in total. The molecule has 0 unspecified atom stereocenters. The number of amides is 1. The number of aromatic nitrogens is 2. The zero-order valence-electron chi connectivity index (χ0n) is 15.2. The molecule has 1 amide bonds. The van der Waals surface area contributed by atoms with Gasteiger partial charge in [-0.15, -0.1) is 0 Å². The van der Waals surface area contributed by atoms with E-state index in [-0.39, 0.29) is 0 Å². The quantitative estimate of drug-likeness (QED) is 0.609. The number of halogens is 6. The van der Waals surface area contributed by atoms with Crippen LogP contribution in [0.4, 0.5) is 17.6 Å². The van der Waals surface area contributed by atoms with Gasteiger partial charge < -0.3 is 4.90 Å². The van der Waals surface area contributed by atoms with Crippen molar-refractivity contribution in [2.24, 2.45) is 0 Å². The Labute approximate surface area is 174 Å². The highest BCUT2D eigenvalue weighted by molar-refractivity contribution is 6.35. The van der Waals surface area contributed by atoms with E-state index in [1.807, 2.05) is 0 Å². The summed E-state index contributed by atoms with van der Waals surface area (Å²) in [5.74, 6) is -0.453. The average molecular weight is 453 g/mol. The predicted molar refractivity (Wildman–Crippen MR) is 100 cm³/mol. The Balaban J connectivity index is 1.59. The highest BCUT2D eigenvalue weighted by Crippen LogP contribution is 2.27. The summed E-state index contributed by atoms with van der Waals surface area (Å²) < 4.78 is 52.3. The molecule has 0 aliphatic carbocycles.